The molecule has 0 saturated carbocycles. The van der Waals surface area contributed by atoms with Crippen molar-refractivity contribution in [2.75, 3.05) is 24.5 Å². The highest BCUT2D eigenvalue weighted by Gasteiger charge is 2.18. The minimum atomic E-state index is -0.262. The van der Waals surface area contributed by atoms with Crippen molar-refractivity contribution in [1.82, 2.24) is 5.32 Å². The molecule has 16 heavy (non-hydrogen) atoms. The molecule has 0 aromatic heterocycles. The second kappa shape index (κ2) is 4.61. The van der Waals surface area contributed by atoms with Gasteiger partial charge in [-0.25, -0.2) is 4.39 Å². The number of hydrogen-bond donors (Lipinski definition) is 1. The molecular weight excluding hydrogens is 207 g/mol. The third-order valence-electron chi connectivity index (χ3n) is 2.78. The topological polar surface area (TPSA) is 32.3 Å². The number of rotatable bonds is 1. The van der Waals surface area contributed by atoms with E-state index >= 15 is 0 Å². The molecule has 1 saturated heterocycles. The Hall–Kier alpha value is -1.42. The highest BCUT2D eigenvalue weighted by atomic mass is 19.1. The fourth-order valence-electron chi connectivity index (χ4n) is 1.80. The molecule has 1 N–H and O–H groups in total. The van der Waals surface area contributed by atoms with Crippen molar-refractivity contribution < 1.29 is 9.18 Å². The first-order valence-electron chi connectivity index (χ1n) is 5.46. The normalized spacial score (nSPS) is 17.4. The van der Waals surface area contributed by atoms with E-state index < -0.39 is 0 Å². The summed E-state index contributed by atoms with van der Waals surface area (Å²) in [6.07, 6.45) is 0.890. The van der Waals surface area contributed by atoms with Crippen LogP contribution in [0.1, 0.15) is 12.0 Å². The van der Waals surface area contributed by atoms with Gasteiger partial charge in [0.05, 0.1) is 6.54 Å². The first-order chi connectivity index (χ1) is 7.68. The highest BCUT2D eigenvalue weighted by molar-refractivity contribution is 5.95. The molecule has 1 heterocycles. The SMILES string of the molecule is Cc1ccc(N2CCCNCC2=O)cc1F. The van der Waals surface area contributed by atoms with Gasteiger partial charge in [-0.3, -0.25) is 4.79 Å². The second-order valence-corrected chi connectivity index (χ2v) is 4.01. The zero-order valence-corrected chi connectivity index (χ0v) is 9.29. The summed E-state index contributed by atoms with van der Waals surface area (Å²) in [5, 5.41) is 3.04. The molecule has 1 aromatic rings. The minimum Gasteiger partial charge on any atom is -0.311 e. The largest absolute Gasteiger partial charge is 0.311 e. The molecule has 3 nitrogen and oxygen atoms in total. The average Bonchev–Trinajstić information content (AvgIpc) is 2.47. The van der Waals surface area contributed by atoms with E-state index in [0.29, 0.717) is 24.3 Å². The maximum atomic E-state index is 13.4. The molecule has 0 bridgehead atoms. The molecule has 0 unspecified atom stereocenters. The summed E-state index contributed by atoms with van der Waals surface area (Å²) in [6.45, 7) is 3.52. The van der Waals surface area contributed by atoms with Gasteiger partial charge in [0, 0.05) is 12.2 Å². The third-order valence-corrected chi connectivity index (χ3v) is 2.78. The minimum absolute atomic E-state index is 0.000697. The Morgan fingerprint density at radius 1 is 1.44 bits per heavy atom. The molecular formula is C12H15FN2O. The van der Waals surface area contributed by atoms with Gasteiger partial charge in [0.15, 0.2) is 0 Å². The van der Waals surface area contributed by atoms with Gasteiger partial charge in [0.2, 0.25) is 5.91 Å². The summed E-state index contributed by atoms with van der Waals surface area (Å²) < 4.78 is 13.4. The number of benzene rings is 1. The first-order valence-corrected chi connectivity index (χ1v) is 5.46. The third kappa shape index (κ3) is 2.22. The maximum Gasteiger partial charge on any atom is 0.240 e. The van der Waals surface area contributed by atoms with Crippen LogP contribution in [0.4, 0.5) is 10.1 Å². The Morgan fingerprint density at radius 3 is 3.00 bits per heavy atom. The summed E-state index contributed by atoms with van der Waals surface area (Å²) >= 11 is 0. The van der Waals surface area contributed by atoms with Crippen LogP contribution in [0, 0.1) is 12.7 Å². The number of nitrogens with one attached hydrogen (secondary N) is 1. The first kappa shape index (κ1) is 11.1. The van der Waals surface area contributed by atoms with Crippen molar-refractivity contribution in [2.24, 2.45) is 0 Å². The molecule has 1 fully saturated rings. The fraction of sp³-hybridized carbons (Fsp3) is 0.417. The van der Waals surface area contributed by atoms with Gasteiger partial charge < -0.3 is 10.2 Å². The van der Waals surface area contributed by atoms with Crippen molar-refractivity contribution in [2.45, 2.75) is 13.3 Å². The van der Waals surface area contributed by atoms with Gasteiger partial charge in [-0.15, -0.1) is 0 Å². The van der Waals surface area contributed by atoms with Gasteiger partial charge in [0.25, 0.3) is 0 Å². The molecule has 86 valence electrons. The second-order valence-electron chi connectivity index (χ2n) is 4.01. The van der Waals surface area contributed by atoms with E-state index in [2.05, 4.69) is 5.32 Å². The van der Waals surface area contributed by atoms with Crippen LogP contribution in [0.5, 0.6) is 0 Å². The molecule has 1 aliphatic rings. The average molecular weight is 222 g/mol. The highest BCUT2D eigenvalue weighted by Crippen LogP contribution is 2.19. The van der Waals surface area contributed by atoms with Gasteiger partial charge in [-0.1, -0.05) is 6.07 Å². The number of amides is 1. The number of hydrogen-bond acceptors (Lipinski definition) is 2. The van der Waals surface area contributed by atoms with Gasteiger partial charge in [-0.05, 0) is 37.6 Å². The van der Waals surface area contributed by atoms with Gasteiger partial charge in [-0.2, -0.15) is 0 Å². The predicted octanol–water partition coefficient (Wildman–Crippen LogP) is 1.46. The number of aryl methyl sites for hydroxylation is 1. The zero-order valence-electron chi connectivity index (χ0n) is 9.29. The Balaban J connectivity index is 2.27. The number of nitrogens with zero attached hydrogens (tertiary/aromatic N) is 1. The molecule has 0 atom stereocenters. The summed E-state index contributed by atoms with van der Waals surface area (Å²) in [4.78, 5) is 13.4. The molecule has 1 amide bonds. The lowest BCUT2D eigenvalue weighted by Gasteiger charge is -2.20. The van der Waals surface area contributed by atoms with Crippen molar-refractivity contribution in [3.63, 3.8) is 0 Å². The Bertz CT molecular complexity index is 406. The number of anilines is 1. The molecule has 1 aromatic carbocycles. The quantitative estimate of drug-likeness (QED) is 0.780. The van der Waals surface area contributed by atoms with Crippen LogP contribution in [0.15, 0.2) is 18.2 Å². The Kier molecular flexibility index (Phi) is 3.19. The summed E-state index contributed by atoms with van der Waals surface area (Å²) in [5.41, 5.74) is 1.25. The van der Waals surface area contributed by atoms with Crippen molar-refractivity contribution in [3.05, 3.63) is 29.6 Å². The van der Waals surface area contributed by atoms with Crippen LogP contribution >= 0.6 is 0 Å². The van der Waals surface area contributed by atoms with E-state index in [9.17, 15) is 9.18 Å². The van der Waals surface area contributed by atoms with E-state index in [-0.39, 0.29) is 11.7 Å². The fourth-order valence-corrected chi connectivity index (χ4v) is 1.80. The number of carbonyl (C=O) groups excluding carboxylic acids is 1. The molecule has 2 rings (SSSR count). The van der Waals surface area contributed by atoms with Crippen molar-refractivity contribution >= 4 is 11.6 Å². The summed E-state index contributed by atoms with van der Waals surface area (Å²) in [6, 6.07) is 4.93. The monoisotopic (exact) mass is 222 g/mol. The van der Waals surface area contributed by atoms with E-state index in [1.165, 1.54) is 6.07 Å². The van der Waals surface area contributed by atoms with Crippen LogP contribution in [-0.4, -0.2) is 25.5 Å². The smallest absolute Gasteiger partial charge is 0.240 e. The lowest BCUT2D eigenvalue weighted by atomic mass is 10.2. The van der Waals surface area contributed by atoms with Gasteiger partial charge in [0.1, 0.15) is 5.82 Å². The number of carbonyl (C=O) groups is 1. The van der Waals surface area contributed by atoms with Crippen LogP contribution in [-0.2, 0) is 4.79 Å². The Morgan fingerprint density at radius 2 is 2.25 bits per heavy atom. The standard InChI is InChI=1S/C12H15FN2O/c1-9-3-4-10(7-11(9)13)15-6-2-5-14-8-12(15)16/h3-4,7,14H,2,5-6,8H2,1H3. The van der Waals surface area contributed by atoms with Crippen LogP contribution in [0.2, 0.25) is 0 Å². The maximum absolute atomic E-state index is 13.4. The van der Waals surface area contributed by atoms with Crippen molar-refractivity contribution in [1.29, 1.82) is 0 Å². The predicted molar refractivity (Wildman–Crippen MR) is 61.0 cm³/mol. The van der Waals surface area contributed by atoms with E-state index in [4.69, 9.17) is 0 Å². The number of halogens is 1. The molecule has 4 heteroatoms. The lowest BCUT2D eigenvalue weighted by Crippen LogP contribution is -2.34. The summed E-state index contributed by atoms with van der Waals surface area (Å²) in [7, 11) is 0. The summed E-state index contributed by atoms with van der Waals surface area (Å²) in [5.74, 6) is -0.261. The molecule has 0 radical (unpaired) electrons. The van der Waals surface area contributed by atoms with Crippen LogP contribution in [0.3, 0.4) is 0 Å². The Labute approximate surface area is 94.3 Å². The van der Waals surface area contributed by atoms with Gasteiger partial charge >= 0.3 is 0 Å². The molecule has 0 spiro atoms. The van der Waals surface area contributed by atoms with Crippen molar-refractivity contribution in [3.8, 4) is 0 Å². The van der Waals surface area contributed by atoms with E-state index in [1.54, 1.807) is 24.0 Å². The van der Waals surface area contributed by atoms with Crippen LogP contribution in [0.25, 0.3) is 0 Å². The van der Waals surface area contributed by atoms with E-state index in [1.807, 2.05) is 0 Å². The zero-order chi connectivity index (χ0) is 11.5. The van der Waals surface area contributed by atoms with Crippen LogP contribution < -0.4 is 10.2 Å². The molecule has 0 aliphatic carbocycles. The molecule has 1 aliphatic heterocycles. The lowest BCUT2D eigenvalue weighted by molar-refractivity contribution is -0.117. The van der Waals surface area contributed by atoms with E-state index in [0.717, 1.165) is 13.0 Å².